The number of fused-ring (bicyclic) bond motifs is 1. The highest BCUT2D eigenvalue weighted by Gasteiger charge is 2.12. The molecule has 0 aliphatic carbocycles. The third kappa shape index (κ3) is 2.45. The summed E-state index contributed by atoms with van der Waals surface area (Å²) in [6.07, 6.45) is 0. The third-order valence-corrected chi connectivity index (χ3v) is 3.84. The van der Waals surface area contributed by atoms with Gasteiger partial charge >= 0.3 is 0 Å². The molecule has 106 valence electrons. The molecule has 0 amide bonds. The molecule has 2 aromatic carbocycles. The maximum atomic E-state index is 6.35. The summed E-state index contributed by atoms with van der Waals surface area (Å²) in [5.41, 5.74) is 4.04. The first-order chi connectivity index (χ1) is 10.1. The summed E-state index contributed by atoms with van der Waals surface area (Å²) in [4.78, 5) is 9.32. The first kappa shape index (κ1) is 13.8. The van der Waals surface area contributed by atoms with Crippen molar-refractivity contribution in [1.82, 2.24) is 9.97 Å². The van der Waals surface area contributed by atoms with E-state index in [1.54, 1.807) is 0 Å². The molecule has 1 heterocycles. The van der Waals surface area contributed by atoms with Crippen LogP contribution in [-0.2, 0) is 0 Å². The molecule has 0 saturated carbocycles. The van der Waals surface area contributed by atoms with E-state index in [0.29, 0.717) is 10.8 Å². The molecule has 1 aromatic heterocycles. The highest BCUT2D eigenvalue weighted by atomic mass is 35.5. The van der Waals surface area contributed by atoms with Gasteiger partial charge in [-0.25, -0.2) is 9.97 Å². The molecule has 4 heteroatoms. The molecule has 0 bridgehead atoms. The summed E-state index contributed by atoms with van der Waals surface area (Å²) >= 11 is 6.35. The number of halogens is 1. The van der Waals surface area contributed by atoms with Crippen LogP contribution in [0.15, 0.2) is 36.4 Å². The standard InChI is InChI=1S/C17H16ClN3/c1-10-7-8-12(14(18)9-10)17-20-15-11(2)5-4-6-13(15)16(19-3)21-17/h4-9H,1-3H3,(H,19,20,21). The second-order valence-electron chi connectivity index (χ2n) is 5.10. The predicted octanol–water partition coefficient (Wildman–Crippen LogP) is 4.61. The van der Waals surface area contributed by atoms with E-state index in [9.17, 15) is 0 Å². The first-order valence-electron chi connectivity index (χ1n) is 6.82. The molecule has 0 unspecified atom stereocenters. The fourth-order valence-electron chi connectivity index (χ4n) is 2.41. The minimum Gasteiger partial charge on any atom is -0.373 e. The Labute approximate surface area is 129 Å². The van der Waals surface area contributed by atoms with Gasteiger partial charge in [0.05, 0.1) is 10.5 Å². The highest BCUT2D eigenvalue weighted by molar-refractivity contribution is 6.33. The molecule has 0 aliphatic rings. The minimum absolute atomic E-state index is 0.645. The van der Waals surface area contributed by atoms with Crippen molar-refractivity contribution in [1.29, 1.82) is 0 Å². The van der Waals surface area contributed by atoms with Gasteiger partial charge in [-0.2, -0.15) is 0 Å². The van der Waals surface area contributed by atoms with E-state index in [0.717, 1.165) is 33.4 Å². The topological polar surface area (TPSA) is 37.8 Å². The molecule has 1 N–H and O–H groups in total. The molecular formula is C17H16ClN3. The average molecular weight is 298 g/mol. The molecule has 0 aliphatic heterocycles. The van der Waals surface area contributed by atoms with Gasteiger partial charge in [0, 0.05) is 18.0 Å². The Balaban J connectivity index is 2.31. The van der Waals surface area contributed by atoms with Crippen LogP contribution in [0.2, 0.25) is 5.02 Å². The lowest BCUT2D eigenvalue weighted by Gasteiger charge is -2.11. The fraction of sp³-hybridized carbons (Fsp3) is 0.176. The van der Waals surface area contributed by atoms with Crippen molar-refractivity contribution in [2.45, 2.75) is 13.8 Å². The van der Waals surface area contributed by atoms with Gasteiger partial charge in [0.15, 0.2) is 5.82 Å². The van der Waals surface area contributed by atoms with Gasteiger partial charge in [-0.1, -0.05) is 29.8 Å². The maximum Gasteiger partial charge on any atom is 0.163 e. The van der Waals surface area contributed by atoms with E-state index in [2.05, 4.69) is 23.3 Å². The molecule has 0 atom stereocenters. The SMILES string of the molecule is CNc1nc(-c2ccc(C)cc2Cl)nc2c(C)cccc12. The van der Waals surface area contributed by atoms with Crippen LogP contribution in [-0.4, -0.2) is 17.0 Å². The van der Waals surface area contributed by atoms with Crippen molar-refractivity contribution in [3.8, 4) is 11.4 Å². The van der Waals surface area contributed by atoms with Gasteiger partial charge in [0.1, 0.15) is 5.82 Å². The number of nitrogens with zero attached hydrogens (tertiary/aromatic N) is 2. The Morgan fingerprint density at radius 3 is 2.57 bits per heavy atom. The number of hydrogen-bond acceptors (Lipinski definition) is 3. The number of aromatic nitrogens is 2. The lowest BCUT2D eigenvalue weighted by Crippen LogP contribution is -2.00. The maximum absolute atomic E-state index is 6.35. The van der Waals surface area contributed by atoms with Crippen LogP contribution in [0.3, 0.4) is 0 Å². The zero-order valence-corrected chi connectivity index (χ0v) is 13.0. The van der Waals surface area contributed by atoms with Crippen LogP contribution in [0, 0.1) is 13.8 Å². The second kappa shape index (κ2) is 5.34. The summed E-state index contributed by atoms with van der Waals surface area (Å²) in [6.45, 7) is 4.06. The number of aryl methyl sites for hydroxylation is 2. The molecule has 0 spiro atoms. The average Bonchev–Trinajstić information content (AvgIpc) is 2.47. The number of rotatable bonds is 2. The Hall–Kier alpha value is -2.13. The molecule has 0 fully saturated rings. The van der Waals surface area contributed by atoms with Crippen LogP contribution in [0.1, 0.15) is 11.1 Å². The van der Waals surface area contributed by atoms with Gasteiger partial charge < -0.3 is 5.32 Å². The monoisotopic (exact) mass is 297 g/mol. The van der Waals surface area contributed by atoms with Crippen LogP contribution >= 0.6 is 11.6 Å². The van der Waals surface area contributed by atoms with Crippen molar-refractivity contribution in [2.75, 3.05) is 12.4 Å². The van der Waals surface area contributed by atoms with E-state index in [-0.39, 0.29) is 0 Å². The zero-order chi connectivity index (χ0) is 15.0. The summed E-state index contributed by atoms with van der Waals surface area (Å²) in [5, 5.41) is 4.83. The summed E-state index contributed by atoms with van der Waals surface area (Å²) in [7, 11) is 1.87. The Bertz CT molecular complexity index is 828. The summed E-state index contributed by atoms with van der Waals surface area (Å²) in [5.74, 6) is 1.46. The number of para-hydroxylation sites is 1. The normalized spacial score (nSPS) is 10.9. The Morgan fingerprint density at radius 1 is 1.05 bits per heavy atom. The van der Waals surface area contributed by atoms with Crippen molar-refractivity contribution in [2.24, 2.45) is 0 Å². The smallest absolute Gasteiger partial charge is 0.163 e. The quantitative estimate of drug-likeness (QED) is 0.750. The predicted molar refractivity (Wildman–Crippen MR) is 89.0 cm³/mol. The van der Waals surface area contributed by atoms with Crippen LogP contribution < -0.4 is 5.32 Å². The Morgan fingerprint density at radius 2 is 1.86 bits per heavy atom. The van der Waals surface area contributed by atoms with E-state index >= 15 is 0 Å². The van der Waals surface area contributed by atoms with Gasteiger partial charge in [0.2, 0.25) is 0 Å². The van der Waals surface area contributed by atoms with Crippen LogP contribution in [0.4, 0.5) is 5.82 Å². The number of hydrogen-bond donors (Lipinski definition) is 1. The Kier molecular flexibility index (Phi) is 3.52. The fourth-order valence-corrected chi connectivity index (χ4v) is 2.73. The molecule has 3 rings (SSSR count). The molecular weight excluding hydrogens is 282 g/mol. The van der Waals surface area contributed by atoms with E-state index < -0.39 is 0 Å². The molecule has 0 saturated heterocycles. The van der Waals surface area contributed by atoms with E-state index in [4.69, 9.17) is 16.6 Å². The molecule has 3 aromatic rings. The lowest BCUT2D eigenvalue weighted by molar-refractivity contribution is 1.20. The third-order valence-electron chi connectivity index (χ3n) is 3.53. The summed E-state index contributed by atoms with van der Waals surface area (Å²) < 4.78 is 0. The van der Waals surface area contributed by atoms with Gasteiger partial charge in [0.25, 0.3) is 0 Å². The summed E-state index contributed by atoms with van der Waals surface area (Å²) in [6, 6.07) is 12.0. The number of nitrogens with one attached hydrogen (secondary N) is 1. The number of benzene rings is 2. The second-order valence-corrected chi connectivity index (χ2v) is 5.51. The van der Waals surface area contributed by atoms with Crippen molar-refractivity contribution in [3.05, 3.63) is 52.5 Å². The van der Waals surface area contributed by atoms with Crippen molar-refractivity contribution in [3.63, 3.8) is 0 Å². The highest BCUT2D eigenvalue weighted by Crippen LogP contribution is 2.30. The molecule has 21 heavy (non-hydrogen) atoms. The largest absolute Gasteiger partial charge is 0.373 e. The van der Waals surface area contributed by atoms with Crippen LogP contribution in [0.25, 0.3) is 22.3 Å². The van der Waals surface area contributed by atoms with Gasteiger partial charge in [-0.15, -0.1) is 0 Å². The zero-order valence-electron chi connectivity index (χ0n) is 12.2. The molecule has 0 radical (unpaired) electrons. The van der Waals surface area contributed by atoms with Gasteiger partial charge in [-0.3, -0.25) is 0 Å². The lowest BCUT2D eigenvalue weighted by atomic mass is 10.1. The van der Waals surface area contributed by atoms with E-state index in [1.165, 1.54) is 0 Å². The minimum atomic E-state index is 0.645. The first-order valence-corrected chi connectivity index (χ1v) is 7.19. The molecule has 3 nitrogen and oxygen atoms in total. The van der Waals surface area contributed by atoms with Crippen molar-refractivity contribution < 1.29 is 0 Å². The van der Waals surface area contributed by atoms with Crippen molar-refractivity contribution >= 4 is 28.3 Å². The van der Waals surface area contributed by atoms with E-state index in [1.807, 2.05) is 44.3 Å². The number of anilines is 1. The van der Waals surface area contributed by atoms with Gasteiger partial charge in [-0.05, 0) is 43.2 Å². The van der Waals surface area contributed by atoms with Crippen LogP contribution in [0.5, 0.6) is 0 Å².